The number of alkyl halides is 3. The Morgan fingerprint density at radius 3 is 2.25 bits per heavy atom. The number of benzene rings is 1. The first-order valence-corrected chi connectivity index (χ1v) is 6.96. The third-order valence-corrected chi connectivity index (χ3v) is 4.28. The van der Waals surface area contributed by atoms with E-state index in [4.69, 9.17) is 0 Å². The van der Waals surface area contributed by atoms with Gasteiger partial charge in [-0.05, 0) is 43.4 Å². The molecule has 1 aliphatic rings. The van der Waals surface area contributed by atoms with Crippen LogP contribution in [0.4, 0.5) is 13.2 Å². The zero-order valence-electron chi connectivity index (χ0n) is 11.5. The largest absolute Gasteiger partial charge is 0.416 e. The number of hydrogen-bond acceptors (Lipinski definition) is 2. The molecule has 1 unspecified atom stereocenters. The number of halogens is 3. The van der Waals surface area contributed by atoms with Crippen LogP contribution in [0.3, 0.4) is 0 Å². The standard InChI is InChI=1S/C15H20F3NO/c1-2-14(8-3-9-14)19-10-13(20)11-4-6-12(7-5-11)15(16,17)18/h4-7,13,19-20H,2-3,8-10H2,1H3. The van der Waals surface area contributed by atoms with Crippen LogP contribution in [0, 0.1) is 0 Å². The first kappa shape index (κ1) is 15.3. The van der Waals surface area contributed by atoms with Gasteiger partial charge in [-0.3, -0.25) is 0 Å². The van der Waals surface area contributed by atoms with E-state index in [0.29, 0.717) is 12.1 Å². The lowest BCUT2D eigenvalue weighted by Crippen LogP contribution is -2.51. The van der Waals surface area contributed by atoms with Crippen molar-refractivity contribution in [3.05, 3.63) is 35.4 Å². The number of rotatable bonds is 5. The van der Waals surface area contributed by atoms with Crippen molar-refractivity contribution in [2.75, 3.05) is 6.54 Å². The van der Waals surface area contributed by atoms with Crippen molar-refractivity contribution in [2.24, 2.45) is 0 Å². The molecule has 2 N–H and O–H groups in total. The molecule has 5 heteroatoms. The number of hydrogen-bond donors (Lipinski definition) is 2. The summed E-state index contributed by atoms with van der Waals surface area (Å²) in [5.41, 5.74) is -0.0612. The Kier molecular flexibility index (Phi) is 4.39. The average molecular weight is 287 g/mol. The number of nitrogens with one attached hydrogen (secondary N) is 1. The quantitative estimate of drug-likeness (QED) is 0.866. The lowest BCUT2D eigenvalue weighted by atomic mass is 9.75. The maximum absolute atomic E-state index is 12.4. The van der Waals surface area contributed by atoms with Crippen LogP contribution in [0.5, 0.6) is 0 Å². The van der Waals surface area contributed by atoms with Gasteiger partial charge in [0, 0.05) is 12.1 Å². The van der Waals surface area contributed by atoms with Crippen LogP contribution in [-0.2, 0) is 6.18 Å². The highest BCUT2D eigenvalue weighted by Crippen LogP contribution is 2.35. The van der Waals surface area contributed by atoms with E-state index < -0.39 is 17.8 Å². The minimum atomic E-state index is -4.33. The predicted molar refractivity (Wildman–Crippen MR) is 71.3 cm³/mol. The van der Waals surface area contributed by atoms with E-state index >= 15 is 0 Å². The Hall–Kier alpha value is -1.07. The molecular weight excluding hydrogens is 267 g/mol. The molecule has 112 valence electrons. The molecule has 0 aromatic heterocycles. The Morgan fingerprint density at radius 1 is 1.25 bits per heavy atom. The lowest BCUT2D eigenvalue weighted by Gasteiger charge is -2.42. The van der Waals surface area contributed by atoms with Crippen molar-refractivity contribution in [1.82, 2.24) is 5.32 Å². The van der Waals surface area contributed by atoms with Crippen molar-refractivity contribution in [3.8, 4) is 0 Å². The molecule has 0 saturated heterocycles. The first-order chi connectivity index (χ1) is 9.36. The SMILES string of the molecule is CCC1(NCC(O)c2ccc(C(F)(F)F)cc2)CCC1. The van der Waals surface area contributed by atoms with E-state index in [-0.39, 0.29) is 5.54 Å². The van der Waals surface area contributed by atoms with Gasteiger partial charge in [0.05, 0.1) is 11.7 Å². The zero-order valence-corrected chi connectivity index (χ0v) is 11.5. The average Bonchev–Trinajstić information content (AvgIpc) is 2.37. The molecule has 0 bridgehead atoms. The third-order valence-electron chi connectivity index (χ3n) is 4.28. The highest BCUT2D eigenvalue weighted by molar-refractivity contribution is 5.26. The van der Waals surface area contributed by atoms with Crippen LogP contribution >= 0.6 is 0 Å². The van der Waals surface area contributed by atoms with Crippen molar-refractivity contribution in [2.45, 2.75) is 50.4 Å². The van der Waals surface area contributed by atoms with Gasteiger partial charge in [-0.1, -0.05) is 19.1 Å². The van der Waals surface area contributed by atoms with Crippen molar-refractivity contribution in [1.29, 1.82) is 0 Å². The summed E-state index contributed by atoms with van der Waals surface area (Å²) in [6.45, 7) is 2.48. The molecule has 1 fully saturated rings. The highest BCUT2D eigenvalue weighted by Gasteiger charge is 2.35. The predicted octanol–water partition coefficient (Wildman–Crippen LogP) is 3.66. The fourth-order valence-corrected chi connectivity index (χ4v) is 2.58. The van der Waals surface area contributed by atoms with Gasteiger partial charge >= 0.3 is 6.18 Å². The van der Waals surface area contributed by atoms with E-state index in [2.05, 4.69) is 12.2 Å². The zero-order chi connectivity index (χ0) is 14.8. The third kappa shape index (κ3) is 3.33. The van der Waals surface area contributed by atoms with Crippen LogP contribution in [0.25, 0.3) is 0 Å². The van der Waals surface area contributed by atoms with Gasteiger partial charge in [0.15, 0.2) is 0 Å². The summed E-state index contributed by atoms with van der Waals surface area (Å²) in [5.74, 6) is 0. The topological polar surface area (TPSA) is 32.3 Å². The van der Waals surface area contributed by atoms with Crippen LogP contribution < -0.4 is 5.32 Å². The number of aliphatic hydroxyl groups is 1. The Balaban J connectivity index is 1.94. The van der Waals surface area contributed by atoms with Crippen molar-refractivity contribution in [3.63, 3.8) is 0 Å². The summed E-state index contributed by atoms with van der Waals surface area (Å²) in [6.07, 6.45) is -0.711. The molecule has 1 atom stereocenters. The maximum atomic E-state index is 12.4. The summed E-state index contributed by atoms with van der Waals surface area (Å²) in [4.78, 5) is 0. The van der Waals surface area contributed by atoms with Gasteiger partial charge in [-0.25, -0.2) is 0 Å². The van der Waals surface area contributed by atoms with Crippen LogP contribution in [0.2, 0.25) is 0 Å². The van der Waals surface area contributed by atoms with Gasteiger partial charge in [0.1, 0.15) is 0 Å². The second-order valence-electron chi connectivity index (χ2n) is 5.50. The summed E-state index contributed by atoms with van der Waals surface area (Å²) < 4.78 is 37.3. The van der Waals surface area contributed by atoms with E-state index in [9.17, 15) is 18.3 Å². The van der Waals surface area contributed by atoms with E-state index in [1.54, 1.807) is 0 Å². The maximum Gasteiger partial charge on any atom is 0.416 e. The summed E-state index contributed by atoms with van der Waals surface area (Å²) >= 11 is 0. The number of β-amino-alcohol motifs (C(OH)–C–C–N with tert-alkyl or cyclic N) is 1. The minimum absolute atomic E-state index is 0.118. The Bertz CT molecular complexity index is 432. The second-order valence-corrected chi connectivity index (χ2v) is 5.50. The number of aliphatic hydroxyl groups excluding tert-OH is 1. The molecule has 1 saturated carbocycles. The molecule has 0 spiro atoms. The van der Waals surface area contributed by atoms with E-state index in [1.165, 1.54) is 18.6 Å². The Morgan fingerprint density at radius 2 is 1.85 bits per heavy atom. The molecule has 0 amide bonds. The van der Waals surface area contributed by atoms with E-state index in [1.807, 2.05) is 0 Å². The summed E-state index contributed by atoms with van der Waals surface area (Å²) in [5, 5.41) is 13.4. The van der Waals surface area contributed by atoms with Gasteiger partial charge < -0.3 is 10.4 Å². The summed E-state index contributed by atoms with van der Waals surface area (Å²) in [7, 11) is 0. The second kappa shape index (κ2) is 5.74. The molecule has 1 aromatic carbocycles. The molecule has 0 heterocycles. The fraction of sp³-hybridized carbons (Fsp3) is 0.600. The first-order valence-electron chi connectivity index (χ1n) is 6.96. The normalized spacial score (nSPS) is 19.4. The van der Waals surface area contributed by atoms with Crippen LogP contribution in [0.1, 0.15) is 49.8 Å². The van der Waals surface area contributed by atoms with Crippen LogP contribution in [-0.4, -0.2) is 17.2 Å². The molecule has 2 rings (SSSR count). The molecule has 2 nitrogen and oxygen atoms in total. The molecular formula is C15H20F3NO. The van der Waals surface area contributed by atoms with Crippen LogP contribution in [0.15, 0.2) is 24.3 Å². The van der Waals surface area contributed by atoms with Gasteiger partial charge in [0.25, 0.3) is 0 Å². The Labute approximate surface area is 117 Å². The smallest absolute Gasteiger partial charge is 0.387 e. The molecule has 0 radical (unpaired) electrons. The highest BCUT2D eigenvalue weighted by atomic mass is 19.4. The fourth-order valence-electron chi connectivity index (χ4n) is 2.58. The molecule has 0 aliphatic heterocycles. The van der Waals surface area contributed by atoms with E-state index in [0.717, 1.165) is 31.4 Å². The minimum Gasteiger partial charge on any atom is -0.387 e. The molecule has 1 aromatic rings. The van der Waals surface area contributed by atoms with Gasteiger partial charge in [-0.15, -0.1) is 0 Å². The van der Waals surface area contributed by atoms with Crippen molar-refractivity contribution < 1.29 is 18.3 Å². The summed E-state index contributed by atoms with van der Waals surface area (Å²) in [6, 6.07) is 4.71. The lowest BCUT2D eigenvalue weighted by molar-refractivity contribution is -0.137. The van der Waals surface area contributed by atoms with Gasteiger partial charge in [0.2, 0.25) is 0 Å². The molecule has 20 heavy (non-hydrogen) atoms. The van der Waals surface area contributed by atoms with Crippen molar-refractivity contribution >= 4 is 0 Å². The van der Waals surface area contributed by atoms with Gasteiger partial charge in [-0.2, -0.15) is 13.2 Å². The monoisotopic (exact) mass is 287 g/mol. The molecule has 1 aliphatic carbocycles.